The Labute approximate surface area is 104 Å². The van der Waals surface area contributed by atoms with Crippen LogP contribution in [0.25, 0.3) is 10.6 Å². The van der Waals surface area contributed by atoms with Gasteiger partial charge in [0, 0.05) is 10.9 Å². The first kappa shape index (κ1) is 11.2. The van der Waals surface area contributed by atoms with Gasteiger partial charge in [0.05, 0.1) is 9.83 Å². The van der Waals surface area contributed by atoms with Crippen molar-refractivity contribution in [1.29, 1.82) is 0 Å². The molecule has 15 heavy (non-hydrogen) atoms. The van der Waals surface area contributed by atoms with Crippen molar-refractivity contribution in [3.63, 3.8) is 0 Å². The van der Waals surface area contributed by atoms with Crippen molar-refractivity contribution in [2.24, 2.45) is 5.73 Å². The second-order valence-corrected chi connectivity index (χ2v) is 6.40. The first-order chi connectivity index (χ1) is 7.20. The monoisotopic (exact) mass is 303 g/mol. The van der Waals surface area contributed by atoms with E-state index in [1.54, 1.807) is 22.7 Å². The Bertz CT molecular complexity index is 452. The molecule has 2 N–H and O–H groups in total. The molecule has 80 valence electrons. The molecule has 6 heteroatoms. The molecule has 2 rings (SSSR count). The average molecular weight is 304 g/mol. The molecule has 0 fully saturated rings. The molecule has 0 aromatic carbocycles. The van der Waals surface area contributed by atoms with Gasteiger partial charge in [0.2, 0.25) is 0 Å². The predicted molar refractivity (Wildman–Crippen MR) is 68.1 cm³/mol. The topological polar surface area (TPSA) is 51.8 Å². The minimum Gasteiger partial charge on any atom is -0.322 e. The molecular weight excluding hydrogens is 294 g/mol. The van der Waals surface area contributed by atoms with Gasteiger partial charge in [-0.25, -0.2) is 0 Å². The summed E-state index contributed by atoms with van der Waals surface area (Å²) in [4.78, 5) is 0. The number of aromatic nitrogens is 2. The third kappa shape index (κ3) is 2.44. The minimum absolute atomic E-state index is 0.0123. The number of halogens is 1. The zero-order valence-corrected chi connectivity index (χ0v) is 11.3. The van der Waals surface area contributed by atoms with E-state index >= 15 is 0 Å². The highest BCUT2D eigenvalue weighted by molar-refractivity contribution is 9.11. The predicted octanol–water partition coefficient (Wildman–Crippen LogP) is 3.44. The van der Waals surface area contributed by atoms with Crippen LogP contribution in [-0.2, 0) is 0 Å². The van der Waals surface area contributed by atoms with E-state index < -0.39 is 0 Å². The van der Waals surface area contributed by atoms with Crippen molar-refractivity contribution in [3.05, 3.63) is 20.2 Å². The molecule has 0 aliphatic carbocycles. The van der Waals surface area contributed by atoms with Gasteiger partial charge in [-0.3, -0.25) is 0 Å². The maximum atomic E-state index is 5.89. The van der Waals surface area contributed by atoms with Gasteiger partial charge in [0.15, 0.2) is 0 Å². The van der Waals surface area contributed by atoms with E-state index in [0.717, 1.165) is 25.8 Å². The molecule has 3 nitrogen and oxygen atoms in total. The van der Waals surface area contributed by atoms with Crippen LogP contribution in [0, 0.1) is 0 Å². The van der Waals surface area contributed by atoms with Crippen LogP contribution in [0.15, 0.2) is 15.2 Å². The Morgan fingerprint density at radius 1 is 1.53 bits per heavy atom. The smallest absolute Gasteiger partial charge is 0.148 e. The second kappa shape index (κ2) is 4.69. The lowest BCUT2D eigenvalue weighted by Gasteiger charge is -2.00. The molecule has 2 heterocycles. The van der Waals surface area contributed by atoms with Gasteiger partial charge < -0.3 is 5.73 Å². The maximum absolute atomic E-state index is 5.89. The third-order valence-electron chi connectivity index (χ3n) is 2.01. The quantitative estimate of drug-likeness (QED) is 0.945. The Balaban J connectivity index is 2.27. The standard InChI is InChI=1S/C9H10BrN3S2/c1-2-6(11)9-13-12-8(15-9)5-3-7(10)14-4-5/h3-4,6H,2,11H2,1H3. The largest absolute Gasteiger partial charge is 0.322 e. The van der Waals surface area contributed by atoms with E-state index in [1.807, 2.05) is 13.0 Å². The second-order valence-electron chi connectivity index (χ2n) is 3.10. The van der Waals surface area contributed by atoms with Gasteiger partial charge in [-0.05, 0) is 28.4 Å². The Morgan fingerprint density at radius 2 is 2.33 bits per heavy atom. The summed E-state index contributed by atoms with van der Waals surface area (Å²) in [5.74, 6) is 0. The number of hydrogen-bond acceptors (Lipinski definition) is 5. The summed E-state index contributed by atoms with van der Waals surface area (Å²) < 4.78 is 1.11. The fourth-order valence-corrected chi connectivity index (χ4v) is 3.23. The van der Waals surface area contributed by atoms with Gasteiger partial charge in [-0.2, -0.15) is 0 Å². The van der Waals surface area contributed by atoms with Crippen LogP contribution in [-0.4, -0.2) is 10.2 Å². The van der Waals surface area contributed by atoms with Crippen LogP contribution >= 0.6 is 38.6 Å². The fourth-order valence-electron chi connectivity index (χ4n) is 1.10. The van der Waals surface area contributed by atoms with Crippen molar-refractivity contribution in [1.82, 2.24) is 10.2 Å². The highest BCUT2D eigenvalue weighted by Crippen LogP contribution is 2.32. The maximum Gasteiger partial charge on any atom is 0.148 e. The normalized spacial score (nSPS) is 13.0. The molecule has 0 bridgehead atoms. The van der Waals surface area contributed by atoms with E-state index in [9.17, 15) is 0 Å². The molecule has 2 aromatic heterocycles. The molecule has 0 aliphatic rings. The van der Waals surface area contributed by atoms with Crippen LogP contribution in [0.2, 0.25) is 0 Å². The lowest BCUT2D eigenvalue weighted by Crippen LogP contribution is -2.07. The Hall–Kier alpha value is -0.300. The Kier molecular flexibility index (Phi) is 3.50. The Morgan fingerprint density at radius 3 is 2.93 bits per heavy atom. The van der Waals surface area contributed by atoms with Gasteiger partial charge >= 0.3 is 0 Å². The highest BCUT2D eigenvalue weighted by atomic mass is 79.9. The number of nitrogens with zero attached hydrogens (tertiary/aromatic N) is 2. The number of rotatable bonds is 3. The zero-order chi connectivity index (χ0) is 10.8. The fraction of sp³-hybridized carbons (Fsp3) is 0.333. The first-order valence-corrected chi connectivity index (χ1v) is 7.03. The molecular formula is C9H10BrN3S2. The molecule has 0 spiro atoms. The van der Waals surface area contributed by atoms with Crippen molar-refractivity contribution >= 4 is 38.6 Å². The molecule has 0 radical (unpaired) electrons. The third-order valence-corrected chi connectivity index (χ3v) is 4.62. The van der Waals surface area contributed by atoms with E-state index in [0.29, 0.717) is 0 Å². The van der Waals surface area contributed by atoms with Crippen LogP contribution in [0.3, 0.4) is 0 Å². The lowest BCUT2D eigenvalue weighted by atomic mass is 10.3. The minimum atomic E-state index is 0.0123. The van der Waals surface area contributed by atoms with Gasteiger partial charge in [0.25, 0.3) is 0 Å². The van der Waals surface area contributed by atoms with Gasteiger partial charge in [0.1, 0.15) is 10.0 Å². The van der Waals surface area contributed by atoms with E-state index in [2.05, 4.69) is 31.5 Å². The van der Waals surface area contributed by atoms with Crippen LogP contribution in [0.1, 0.15) is 24.4 Å². The molecule has 0 aliphatic heterocycles. The first-order valence-electron chi connectivity index (χ1n) is 4.54. The van der Waals surface area contributed by atoms with Crippen molar-refractivity contribution < 1.29 is 0 Å². The summed E-state index contributed by atoms with van der Waals surface area (Å²) in [6.07, 6.45) is 0.891. The molecule has 0 amide bonds. The molecule has 1 atom stereocenters. The molecule has 2 aromatic rings. The summed E-state index contributed by atoms with van der Waals surface area (Å²) in [7, 11) is 0. The van der Waals surface area contributed by atoms with E-state index in [1.165, 1.54) is 0 Å². The lowest BCUT2D eigenvalue weighted by molar-refractivity contribution is 0.683. The van der Waals surface area contributed by atoms with Gasteiger partial charge in [-0.15, -0.1) is 21.5 Å². The number of hydrogen-bond donors (Lipinski definition) is 1. The summed E-state index contributed by atoms with van der Waals surface area (Å²) in [6, 6.07) is 2.06. The summed E-state index contributed by atoms with van der Waals surface area (Å²) >= 11 is 6.65. The summed E-state index contributed by atoms with van der Waals surface area (Å²) in [5, 5.41) is 12.2. The molecule has 0 saturated heterocycles. The number of thiophene rings is 1. The van der Waals surface area contributed by atoms with E-state index in [4.69, 9.17) is 5.73 Å². The van der Waals surface area contributed by atoms with Crippen molar-refractivity contribution in [3.8, 4) is 10.6 Å². The summed E-state index contributed by atoms with van der Waals surface area (Å²) in [6.45, 7) is 2.05. The van der Waals surface area contributed by atoms with Crippen molar-refractivity contribution in [2.75, 3.05) is 0 Å². The molecule has 0 saturated carbocycles. The SMILES string of the molecule is CCC(N)c1nnc(-c2csc(Br)c2)s1. The average Bonchev–Trinajstić information content (AvgIpc) is 2.84. The zero-order valence-electron chi connectivity index (χ0n) is 8.11. The van der Waals surface area contributed by atoms with Crippen LogP contribution in [0.5, 0.6) is 0 Å². The highest BCUT2D eigenvalue weighted by Gasteiger charge is 2.12. The number of nitrogens with two attached hydrogens (primary N) is 1. The summed E-state index contributed by atoms with van der Waals surface area (Å²) in [5.41, 5.74) is 7.00. The van der Waals surface area contributed by atoms with Crippen molar-refractivity contribution in [2.45, 2.75) is 19.4 Å². The van der Waals surface area contributed by atoms with Crippen LogP contribution in [0.4, 0.5) is 0 Å². The molecule has 1 unspecified atom stereocenters. The van der Waals surface area contributed by atoms with Gasteiger partial charge in [-0.1, -0.05) is 18.3 Å². The van der Waals surface area contributed by atoms with E-state index in [-0.39, 0.29) is 6.04 Å². The van der Waals surface area contributed by atoms with Crippen LogP contribution < -0.4 is 5.73 Å².